The summed E-state index contributed by atoms with van der Waals surface area (Å²) < 4.78 is 6.75. The number of hydrogen-bond donors (Lipinski definition) is 0. The molecule has 3 heteroatoms. The maximum absolute atomic E-state index is 5.61. The van der Waals surface area contributed by atoms with Crippen molar-refractivity contribution in [3.8, 4) is 5.75 Å². The molecule has 0 aliphatic carbocycles. The van der Waals surface area contributed by atoms with Crippen LogP contribution in [0.15, 0.2) is 15.2 Å². The van der Waals surface area contributed by atoms with Gasteiger partial charge < -0.3 is 4.74 Å². The van der Waals surface area contributed by atoms with E-state index >= 15 is 0 Å². The number of hydrogen-bond acceptors (Lipinski definition) is 2. The van der Waals surface area contributed by atoms with Crippen LogP contribution in [0.5, 0.6) is 5.75 Å². The zero-order valence-corrected chi connectivity index (χ0v) is 11.7. The molecule has 1 aromatic heterocycles. The first kappa shape index (κ1) is 13.0. The summed E-state index contributed by atoms with van der Waals surface area (Å²) in [6.45, 7) is 3.10. The summed E-state index contributed by atoms with van der Waals surface area (Å²) in [5.74, 6) is 1.00. The highest BCUT2D eigenvalue weighted by Crippen LogP contribution is 2.26. The van der Waals surface area contributed by atoms with Gasteiger partial charge in [0, 0.05) is 11.4 Å². The lowest BCUT2D eigenvalue weighted by Gasteiger charge is -2.03. The van der Waals surface area contributed by atoms with Gasteiger partial charge in [-0.25, -0.2) is 0 Å². The van der Waals surface area contributed by atoms with Crippen LogP contribution in [-0.2, 0) is 0 Å². The number of ether oxygens (including phenoxy) is 1. The molecule has 1 nitrogen and oxygen atoms in total. The van der Waals surface area contributed by atoms with E-state index < -0.39 is 0 Å². The van der Waals surface area contributed by atoms with Crippen LogP contribution in [0.2, 0.25) is 0 Å². The van der Waals surface area contributed by atoms with Crippen LogP contribution in [-0.4, -0.2) is 6.61 Å². The van der Waals surface area contributed by atoms with Crippen molar-refractivity contribution in [1.82, 2.24) is 0 Å². The van der Waals surface area contributed by atoms with Crippen LogP contribution in [0.1, 0.15) is 45.4 Å². The van der Waals surface area contributed by atoms with Gasteiger partial charge >= 0.3 is 0 Å². The Balaban J connectivity index is 1.93. The number of thiophene rings is 1. The lowest BCUT2D eigenvalue weighted by atomic mass is 10.1. The summed E-state index contributed by atoms with van der Waals surface area (Å²) >= 11 is 5.09. The van der Waals surface area contributed by atoms with Crippen molar-refractivity contribution in [3.05, 3.63) is 15.2 Å². The third-order valence-corrected chi connectivity index (χ3v) is 3.79. The van der Waals surface area contributed by atoms with Gasteiger partial charge in [0.2, 0.25) is 0 Å². The molecule has 0 aliphatic heterocycles. The Bertz CT molecular complexity index is 260. The van der Waals surface area contributed by atoms with Crippen molar-refractivity contribution in [3.63, 3.8) is 0 Å². The van der Waals surface area contributed by atoms with Gasteiger partial charge in [-0.3, -0.25) is 0 Å². The van der Waals surface area contributed by atoms with Crippen LogP contribution < -0.4 is 4.74 Å². The van der Waals surface area contributed by atoms with Gasteiger partial charge in [0.25, 0.3) is 0 Å². The van der Waals surface area contributed by atoms with Gasteiger partial charge in [0.15, 0.2) is 0 Å². The van der Waals surface area contributed by atoms with E-state index in [0.29, 0.717) is 0 Å². The van der Waals surface area contributed by atoms with E-state index in [9.17, 15) is 0 Å². The first-order valence-electron chi connectivity index (χ1n) is 5.69. The normalized spacial score (nSPS) is 10.5. The highest BCUT2D eigenvalue weighted by molar-refractivity contribution is 9.11. The minimum absolute atomic E-state index is 0.856. The largest absolute Gasteiger partial charge is 0.493 e. The number of halogens is 1. The highest BCUT2D eigenvalue weighted by Gasteiger charge is 1.97. The first-order valence-corrected chi connectivity index (χ1v) is 7.37. The molecular formula is C12H19BrOS. The van der Waals surface area contributed by atoms with Crippen LogP contribution in [0.4, 0.5) is 0 Å². The molecule has 86 valence electrons. The zero-order chi connectivity index (χ0) is 10.9. The third-order valence-electron chi connectivity index (χ3n) is 2.31. The summed E-state index contributed by atoms with van der Waals surface area (Å²) in [6.07, 6.45) is 7.89. The molecule has 0 saturated carbocycles. The van der Waals surface area contributed by atoms with Gasteiger partial charge in [-0.2, -0.15) is 0 Å². The van der Waals surface area contributed by atoms with E-state index in [1.807, 2.05) is 11.4 Å². The fraction of sp³-hybridized carbons (Fsp3) is 0.667. The predicted molar refractivity (Wildman–Crippen MR) is 70.9 cm³/mol. The second-order valence-corrected chi connectivity index (χ2v) is 5.99. The Morgan fingerprint density at radius 2 is 1.93 bits per heavy atom. The topological polar surface area (TPSA) is 9.23 Å². The molecule has 0 amide bonds. The second-order valence-electron chi connectivity index (χ2n) is 3.70. The van der Waals surface area contributed by atoms with Crippen LogP contribution in [0.25, 0.3) is 0 Å². The van der Waals surface area contributed by atoms with Gasteiger partial charge in [0.1, 0.15) is 5.75 Å². The molecule has 15 heavy (non-hydrogen) atoms. The molecule has 1 rings (SSSR count). The number of unbranched alkanes of at least 4 members (excludes halogenated alkanes) is 5. The van der Waals surface area contributed by atoms with E-state index in [4.69, 9.17) is 4.74 Å². The monoisotopic (exact) mass is 290 g/mol. The first-order chi connectivity index (χ1) is 7.33. The zero-order valence-electron chi connectivity index (χ0n) is 9.30. The fourth-order valence-electron chi connectivity index (χ4n) is 1.44. The summed E-state index contributed by atoms with van der Waals surface area (Å²) in [7, 11) is 0. The van der Waals surface area contributed by atoms with Crippen molar-refractivity contribution in [2.45, 2.75) is 45.4 Å². The second kappa shape index (κ2) is 8.17. The molecule has 0 unspecified atom stereocenters. The maximum atomic E-state index is 5.61. The summed E-state index contributed by atoms with van der Waals surface area (Å²) in [5, 5.41) is 2.04. The van der Waals surface area contributed by atoms with Gasteiger partial charge in [0.05, 0.1) is 10.4 Å². The van der Waals surface area contributed by atoms with Gasteiger partial charge in [-0.15, -0.1) is 11.3 Å². The van der Waals surface area contributed by atoms with Crippen LogP contribution >= 0.6 is 27.3 Å². The Kier molecular flexibility index (Phi) is 7.11. The molecule has 0 aliphatic rings. The number of rotatable bonds is 8. The SMILES string of the molecule is CCCCCCCCOc1csc(Br)c1. The fourth-order valence-corrected chi connectivity index (χ4v) is 2.50. The lowest BCUT2D eigenvalue weighted by molar-refractivity contribution is 0.305. The summed E-state index contributed by atoms with van der Waals surface area (Å²) in [5.41, 5.74) is 0. The van der Waals surface area contributed by atoms with Gasteiger partial charge in [-0.1, -0.05) is 39.0 Å². The van der Waals surface area contributed by atoms with Crippen molar-refractivity contribution in [2.75, 3.05) is 6.61 Å². The molecule has 1 heterocycles. The van der Waals surface area contributed by atoms with E-state index in [1.165, 1.54) is 38.5 Å². The lowest BCUT2D eigenvalue weighted by Crippen LogP contribution is -1.95. The molecule has 0 saturated heterocycles. The van der Waals surface area contributed by atoms with E-state index in [0.717, 1.165) is 16.1 Å². The molecule has 0 aromatic carbocycles. The summed E-state index contributed by atoms with van der Waals surface area (Å²) in [4.78, 5) is 0. The molecule has 0 fully saturated rings. The molecule has 0 spiro atoms. The molecule has 0 bridgehead atoms. The minimum atomic E-state index is 0.856. The minimum Gasteiger partial charge on any atom is -0.493 e. The van der Waals surface area contributed by atoms with E-state index in [1.54, 1.807) is 11.3 Å². The molecule has 0 atom stereocenters. The smallest absolute Gasteiger partial charge is 0.131 e. The highest BCUT2D eigenvalue weighted by atomic mass is 79.9. The van der Waals surface area contributed by atoms with E-state index in [-0.39, 0.29) is 0 Å². The van der Waals surface area contributed by atoms with Crippen molar-refractivity contribution in [2.24, 2.45) is 0 Å². The molecular weight excluding hydrogens is 272 g/mol. The van der Waals surface area contributed by atoms with Crippen molar-refractivity contribution in [1.29, 1.82) is 0 Å². The van der Waals surface area contributed by atoms with Gasteiger partial charge in [-0.05, 0) is 22.4 Å². The molecule has 0 radical (unpaired) electrons. The quantitative estimate of drug-likeness (QED) is 0.594. The summed E-state index contributed by atoms with van der Waals surface area (Å²) in [6, 6.07) is 2.03. The maximum Gasteiger partial charge on any atom is 0.131 e. The van der Waals surface area contributed by atoms with Crippen molar-refractivity contribution < 1.29 is 4.74 Å². The Morgan fingerprint density at radius 3 is 2.60 bits per heavy atom. The molecule has 0 N–H and O–H groups in total. The Hall–Kier alpha value is -0.0200. The Labute approximate surface area is 105 Å². The standard InChI is InChI=1S/C12H19BrOS/c1-2-3-4-5-6-7-8-14-11-9-12(13)15-10-11/h9-10H,2-8H2,1H3. The van der Waals surface area contributed by atoms with Crippen LogP contribution in [0, 0.1) is 0 Å². The van der Waals surface area contributed by atoms with Crippen LogP contribution in [0.3, 0.4) is 0 Å². The molecule has 1 aromatic rings. The third kappa shape index (κ3) is 6.21. The van der Waals surface area contributed by atoms with E-state index in [2.05, 4.69) is 22.9 Å². The average molecular weight is 291 g/mol. The van der Waals surface area contributed by atoms with Crippen molar-refractivity contribution >= 4 is 27.3 Å². The average Bonchev–Trinajstić information content (AvgIpc) is 2.63. The Morgan fingerprint density at radius 1 is 1.20 bits per heavy atom. The predicted octanol–water partition coefficient (Wildman–Crippen LogP) is 5.25.